The van der Waals surface area contributed by atoms with Crippen molar-refractivity contribution in [3.8, 4) is 23.0 Å². The van der Waals surface area contributed by atoms with Gasteiger partial charge in [-0.3, -0.25) is 14.8 Å². The van der Waals surface area contributed by atoms with Gasteiger partial charge in [-0.25, -0.2) is 0 Å². The highest BCUT2D eigenvalue weighted by Crippen LogP contribution is 2.31. The summed E-state index contributed by atoms with van der Waals surface area (Å²) in [4.78, 5) is 21.6. The number of nitrogens with zero attached hydrogens (tertiary/aromatic N) is 2. The van der Waals surface area contributed by atoms with Gasteiger partial charge in [0.15, 0.2) is 0 Å². The van der Waals surface area contributed by atoms with Crippen LogP contribution in [0.25, 0.3) is 10.9 Å². The van der Waals surface area contributed by atoms with E-state index in [1.807, 2.05) is 43.4 Å². The lowest BCUT2D eigenvalue weighted by molar-refractivity contribution is 0.102. The van der Waals surface area contributed by atoms with Crippen molar-refractivity contribution in [3.63, 3.8) is 0 Å². The van der Waals surface area contributed by atoms with Crippen LogP contribution in [0, 0.1) is 0 Å². The van der Waals surface area contributed by atoms with E-state index in [9.17, 15) is 4.79 Å². The number of carbonyl (C=O) groups excluding carboxylic acids is 1. The Morgan fingerprint density at radius 3 is 2.42 bits per heavy atom. The summed E-state index contributed by atoms with van der Waals surface area (Å²) in [6.07, 6.45) is 3.29. The lowest BCUT2D eigenvalue weighted by Crippen LogP contribution is -2.22. The van der Waals surface area contributed by atoms with E-state index in [1.165, 1.54) is 7.11 Å². The smallest absolute Gasteiger partial charge is 0.261 e. The lowest BCUT2D eigenvalue weighted by Gasteiger charge is -2.16. The van der Waals surface area contributed by atoms with Crippen molar-refractivity contribution < 1.29 is 19.0 Å². The van der Waals surface area contributed by atoms with E-state index in [0.717, 1.165) is 33.8 Å². The molecule has 8 nitrogen and oxygen atoms in total. The van der Waals surface area contributed by atoms with Crippen LogP contribution in [0.3, 0.4) is 0 Å². The Morgan fingerprint density at radius 1 is 0.972 bits per heavy atom. The second kappa shape index (κ2) is 11.9. The van der Waals surface area contributed by atoms with E-state index < -0.39 is 0 Å². The molecule has 36 heavy (non-hydrogen) atoms. The van der Waals surface area contributed by atoms with E-state index in [-0.39, 0.29) is 5.91 Å². The second-order valence-corrected chi connectivity index (χ2v) is 9.54. The molecule has 0 fully saturated rings. The minimum absolute atomic E-state index is 0.319. The molecule has 0 bridgehead atoms. The number of aromatic nitrogens is 2. The number of amides is 1. The highest BCUT2D eigenvalue weighted by atomic mass is 31.0. The zero-order valence-corrected chi connectivity index (χ0v) is 23.3. The van der Waals surface area contributed by atoms with Gasteiger partial charge in [-0.1, -0.05) is 9.24 Å². The first-order valence-electron chi connectivity index (χ1n) is 11.0. The summed E-state index contributed by atoms with van der Waals surface area (Å²) >= 11 is 0. The van der Waals surface area contributed by atoms with Gasteiger partial charge in [-0.2, -0.15) is 0 Å². The predicted molar refractivity (Wildman–Crippen MR) is 154 cm³/mol. The van der Waals surface area contributed by atoms with Crippen molar-refractivity contribution in [3.05, 3.63) is 60.4 Å². The Hall–Kier alpha value is -2.88. The molecule has 0 aliphatic rings. The predicted octanol–water partition coefficient (Wildman–Crippen LogP) is 2.78. The first-order chi connectivity index (χ1) is 17.4. The van der Waals surface area contributed by atoms with E-state index >= 15 is 0 Å². The minimum atomic E-state index is -0.319. The van der Waals surface area contributed by atoms with Gasteiger partial charge < -0.3 is 24.8 Å². The normalized spacial score (nSPS) is 10.8. The van der Waals surface area contributed by atoms with Crippen molar-refractivity contribution in [1.29, 1.82) is 0 Å². The number of carbonyl (C=O) groups is 1. The average Bonchev–Trinajstić information content (AvgIpc) is 2.86. The first-order valence-corrected chi connectivity index (χ1v) is 12.8. The third-order valence-corrected chi connectivity index (χ3v) is 6.60. The topological polar surface area (TPSA) is 94.6 Å². The van der Waals surface area contributed by atoms with Crippen molar-refractivity contribution in [1.82, 2.24) is 15.3 Å². The minimum Gasteiger partial charge on any atom is -0.496 e. The highest BCUT2D eigenvalue weighted by molar-refractivity contribution is 7.30. The van der Waals surface area contributed by atoms with Gasteiger partial charge in [0.25, 0.3) is 5.91 Å². The molecule has 0 saturated heterocycles. The Kier molecular flexibility index (Phi) is 8.66. The third kappa shape index (κ3) is 5.91. The van der Waals surface area contributed by atoms with Crippen LogP contribution < -0.4 is 40.9 Å². The maximum absolute atomic E-state index is 13.0. The number of nitrogens with one attached hydrogen (secondary N) is 2. The molecule has 3 unspecified atom stereocenters. The van der Waals surface area contributed by atoms with Gasteiger partial charge >= 0.3 is 0 Å². The van der Waals surface area contributed by atoms with E-state index in [2.05, 4.69) is 48.3 Å². The summed E-state index contributed by atoms with van der Waals surface area (Å²) < 4.78 is 17.4. The SMILES string of the molecule is CNCCOc1ccc2c(Oc3c(P)cc(NC(=O)c4c(OC)ccnc4P)cc3P)ccnc2c1. The molecule has 0 aliphatic carbocycles. The average molecular weight is 540 g/mol. The molecule has 0 aliphatic heterocycles. The van der Waals surface area contributed by atoms with Crippen molar-refractivity contribution >= 4 is 66.3 Å². The van der Waals surface area contributed by atoms with Crippen LogP contribution in [0.5, 0.6) is 23.0 Å². The number of benzene rings is 2. The number of ether oxygens (including phenoxy) is 3. The molecule has 0 radical (unpaired) electrons. The molecule has 2 heterocycles. The zero-order chi connectivity index (χ0) is 25.7. The van der Waals surface area contributed by atoms with Gasteiger partial charge in [0, 0.05) is 46.7 Å². The van der Waals surface area contributed by atoms with Crippen molar-refractivity contribution in [2.45, 2.75) is 0 Å². The molecule has 0 saturated carbocycles. The maximum Gasteiger partial charge on any atom is 0.261 e. The summed E-state index contributed by atoms with van der Waals surface area (Å²) in [5, 5.41) is 8.39. The molecule has 2 aromatic heterocycles. The summed E-state index contributed by atoms with van der Waals surface area (Å²) in [7, 11) is 11.2. The molecule has 4 aromatic rings. The van der Waals surface area contributed by atoms with Crippen molar-refractivity contribution in [2.24, 2.45) is 0 Å². The largest absolute Gasteiger partial charge is 0.496 e. The summed E-state index contributed by atoms with van der Waals surface area (Å²) in [6, 6.07) is 12.9. The fraction of sp³-hybridized carbons (Fsp3) is 0.160. The van der Waals surface area contributed by atoms with E-state index in [0.29, 0.717) is 40.5 Å². The third-order valence-electron chi connectivity index (χ3n) is 5.30. The van der Waals surface area contributed by atoms with Crippen LogP contribution in [0.2, 0.25) is 0 Å². The van der Waals surface area contributed by atoms with Crippen LogP contribution in [0.4, 0.5) is 5.69 Å². The summed E-state index contributed by atoms with van der Waals surface area (Å²) in [5.74, 6) is 2.19. The fourth-order valence-corrected chi connectivity index (χ4v) is 4.91. The molecule has 3 atom stereocenters. The monoisotopic (exact) mass is 540 g/mol. The van der Waals surface area contributed by atoms with Crippen LogP contribution in [0.15, 0.2) is 54.9 Å². The highest BCUT2D eigenvalue weighted by Gasteiger charge is 2.18. The van der Waals surface area contributed by atoms with Crippen LogP contribution in [-0.2, 0) is 0 Å². The number of anilines is 1. The second-order valence-electron chi connectivity index (χ2n) is 7.75. The molecule has 186 valence electrons. The Bertz CT molecular complexity index is 1390. The summed E-state index contributed by atoms with van der Waals surface area (Å²) in [5.41, 5.74) is 2.25. The first kappa shape index (κ1) is 26.2. The maximum atomic E-state index is 13.0. The van der Waals surface area contributed by atoms with Crippen molar-refractivity contribution in [2.75, 3.05) is 32.6 Å². The molecule has 1 amide bonds. The Labute approximate surface area is 216 Å². The van der Waals surface area contributed by atoms with Gasteiger partial charge in [-0.05, 0) is 43.4 Å². The molecular weight excluding hydrogens is 513 g/mol. The standard InChI is InChI=1S/C25H27N4O4P3/c1-26-9-10-32-15-3-4-16-17(13-15)27-7-5-18(16)33-23-20(34)11-14(12-21(23)35)29-24(30)22-19(31-2)6-8-28-25(22)36/h3-8,11-13,26H,9-10,34-36H2,1-2H3,(H,29,30). The van der Waals surface area contributed by atoms with Crippen LogP contribution in [0.1, 0.15) is 10.4 Å². The number of hydrogen-bond acceptors (Lipinski definition) is 7. The van der Waals surface area contributed by atoms with E-state index in [4.69, 9.17) is 14.2 Å². The molecule has 11 heteroatoms. The van der Waals surface area contributed by atoms with Gasteiger partial charge in [0.2, 0.25) is 0 Å². The lowest BCUT2D eigenvalue weighted by atomic mass is 10.2. The van der Waals surface area contributed by atoms with Gasteiger partial charge in [-0.15, -0.1) is 18.5 Å². The van der Waals surface area contributed by atoms with Gasteiger partial charge in [0.1, 0.15) is 35.2 Å². The molecule has 0 spiro atoms. The number of likely N-dealkylation sites (N-methyl/N-ethyl adjacent to an activating group) is 1. The van der Waals surface area contributed by atoms with Crippen LogP contribution in [-0.4, -0.2) is 43.2 Å². The summed E-state index contributed by atoms with van der Waals surface area (Å²) in [6.45, 7) is 1.33. The molecule has 2 N–H and O–H groups in total. The molecule has 4 rings (SSSR count). The number of hydrogen-bond donors (Lipinski definition) is 2. The zero-order valence-electron chi connectivity index (χ0n) is 19.9. The number of fused-ring (bicyclic) bond motifs is 1. The van der Waals surface area contributed by atoms with Gasteiger partial charge in [0.05, 0.1) is 18.1 Å². The number of rotatable bonds is 9. The fourth-order valence-electron chi connectivity index (χ4n) is 3.58. The van der Waals surface area contributed by atoms with E-state index in [1.54, 1.807) is 18.5 Å². The Morgan fingerprint density at radius 2 is 1.69 bits per heavy atom. The number of pyridine rings is 2. The Balaban J connectivity index is 1.57. The molecular formula is C25H27N4O4P3. The number of methoxy groups -OCH3 is 1. The molecule has 2 aromatic carbocycles. The van der Waals surface area contributed by atoms with Crippen LogP contribution >= 0.6 is 27.7 Å². The quantitative estimate of drug-likeness (QED) is 0.249.